The highest BCUT2D eigenvalue weighted by atomic mass is 79.9. The molecule has 0 aliphatic carbocycles. The summed E-state index contributed by atoms with van der Waals surface area (Å²) in [6.07, 6.45) is -1.47. The Morgan fingerprint density at radius 3 is 2.50 bits per heavy atom. The van der Waals surface area contributed by atoms with Crippen molar-refractivity contribution in [1.82, 2.24) is 20.2 Å². The Kier molecular flexibility index (Phi) is 3.67. The second-order valence-electron chi connectivity index (χ2n) is 3.70. The van der Waals surface area contributed by atoms with E-state index in [4.69, 9.17) is 0 Å². The van der Waals surface area contributed by atoms with Gasteiger partial charge >= 0.3 is 0 Å². The third kappa shape index (κ3) is 2.70. The lowest BCUT2D eigenvalue weighted by Gasteiger charge is -2.11. The number of nitrogens with zero attached hydrogens (tertiary/aromatic N) is 4. The zero-order valence-electron chi connectivity index (χ0n) is 9.31. The molecule has 96 valence electrons. The Labute approximate surface area is 110 Å². The van der Waals surface area contributed by atoms with E-state index in [1.54, 1.807) is 7.05 Å². The summed E-state index contributed by atoms with van der Waals surface area (Å²) in [6, 6.07) is 2.18. The summed E-state index contributed by atoms with van der Waals surface area (Å²) in [5.74, 6) is -1.43. The number of aromatic nitrogens is 4. The Balaban J connectivity index is 2.26. The minimum atomic E-state index is -1.36. The molecule has 0 bridgehead atoms. The number of hydrogen-bond acceptors (Lipinski definition) is 4. The minimum Gasteiger partial charge on any atom is -0.388 e. The van der Waals surface area contributed by atoms with Crippen molar-refractivity contribution >= 4 is 15.9 Å². The van der Waals surface area contributed by atoms with Crippen LogP contribution >= 0.6 is 15.9 Å². The van der Waals surface area contributed by atoms with Gasteiger partial charge in [0.1, 0.15) is 11.6 Å². The second-order valence-corrected chi connectivity index (χ2v) is 4.61. The molecule has 1 aromatic heterocycles. The van der Waals surface area contributed by atoms with Crippen LogP contribution in [0.2, 0.25) is 0 Å². The highest BCUT2D eigenvalue weighted by Crippen LogP contribution is 2.26. The van der Waals surface area contributed by atoms with Crippen LogP contribution in [0.1, 0.15) is 17.5 Å². The van der Waals surface area contributed by atoms with Crippen molar-refractivity contribution in [1.29, 1.82) is 0 Å². The first-order valence-corrected chi connectivity index (χ1v) is 5.82. The quantitative estimate of drug-likeness (QED) is 0.932. The zero-order valence-corrected chi connectivity index (χ0v) is 10.9. The van der Waals surface area contributed by atoms with E-state index in [2.05, 4.69) is 31.3 Å². The lowest BCUT2D eigenvalue weighted by atomic mass is 10.1. The van der Waals surface area contributed by atoms with Gasteiger partial charge in [-0.2, -0.15) is 4.80 Å². The molecule has 0 amide bonds. The lowest BCUT2D eigenvalue weighted by Crippen LogP contribution is -2.08. The van der Waals surface area contributed by atoms with Gasteiger partial charge in [0.25, 0.3) is 0 Å². The molecule has 5 nitrogen and oxygen atoms in total. The topological polar surface area (TPSA) is 63.8 Å². The monoisotopic (exact) mass is 318 g/mol. The lowest BCUT2D eigenvalue weighted by molar-refractivity contribution is 0.165. The fourth-order valence-electron chi connectivity index (χ4n) is 1.55. The molecule has 0 fully saturated rings. The molecular formula is C10H9BrF2N4O. The van der Waals surface area contributed by atoms with E-state index in [1.807, 2.05) is 0 Å². The molecule has 1 aromatic carbocycles. The summed E-state index contributed by atoms with van der Waals surface area (Å²) in [5, 5.41) is 20.9. The van der Waals surface area contributed by atoms with Crippen molar-refractivity contribution in [2.75, 3.05) is 0 Å². The molecule has 2 rings (SSSR count). The van der Waals surface area contributed by atoms with Crippen LogP contribution in [0.25, 0.3) is 0 Å². The number of aliphatic hydroxyl groups excluding tert-OH is 1. The SMILES string of the molecule is Cn1nnc(CC(O)c2c(F)cc(Br)cc2F)n1. The van der Waals surface area contributed by atoms with Crippen LogP contribution in [0.3, 0.4) is 0 Å². The number of hydrogen-bond donors (Lipinski definition) is 1. The predicted molar refractivity (Wildman–Crippen MR) is 61.5 cm³/mol. The summed E-state index contributed by atoms with van der Waals surface area (Å²) < 4.78 is 27.4. The number of aryl methyl sites for hydroxylation is 1. The molecule has 1 atom stereocenters. The van der Waals surface area contributed by atoms with Gasteiger partial charge < -0.3 is 5.11 Å². The molecule has 1 heterocycles. The van der Waals surface area contributed by atoms with E-state index in [9.17, 15) is 13.9 Å². The molecule has 18 heavy (non-hydrogen) atoms. The fraction of sp³-hybridized carbons (Fsp3) is 0.300. The van der Waals surface area contributed by atoms with Crippen molar-refractivity contribution in [2.45, 2.75) is 12.5 Å². The van der Waals surface area contributed by atoms with Crippen LogP contribution in [-0.2, 0) is 13.5 Å². The average Bonchev–Trinajstić information content (AvgIpc) is 2.62. The van der Waals surface area contributed by atoms with Gasteiger partial charge in [0.05, 0.1) is 18.7 Å². The average molecular weight is 319 g/mol. The normalized spacial score (nSPS) is 12.7. The van der Waals surface area contributed by atoms with E-state index in [0.717, 1.165) is 12.1 Å². The standard InChI is InChI=1S/C10H9BrF2N4O/c1-17-15-9(14-16-17)4-8(18)10-6(12)2-5(11)3-7(10)13/h2-3,8,18H,4H2,1H3. The van der Waals surface area contributed by atoms with Gasteiger partial charge in [-0.05, 0) is 17.3 Å². The van der Waals surface area contributed by atoms with Crippen LogP contribution < -0.4 is 0 Å². The van der Waals surface area contributed by atoms with Gasteiger partial charge in [-0.3, -0.25) is 0 Å². The first kappa shape index (κ1) is 13.0. The molecule has 8 heteroatoms. The number of aliphatic hydroxyl groups is 1. The second kappa shape index (κ2) is 5.07. The molecule has 0 saturated carbocycles. The predicted octanol–water partition coefficient (Wildman–Crippen LogP) is 1.53. The largest absolute Gasteiger partial charge is 0.388 e. The van der Waals surface area contributed by atoms with Crippen molar-refractivity contribution in [3.63, 3.8) is 0 Å². The maximum Gasteiger partial charge on any atom is 0.177 e. The van der Waals surface area contributed by atoms with Crippen molar-refractivity contribution < 1.29 is 13.9 Å². The summed E-state index contributed by atoms with van der Waals surface area (Å²) in [4.78, 5) is 1.20. The Bertz CT molecular complexity index is 552. The fourth-order valence-corrected chi connectivity index (χ4v) is 1.95. The first-order chi connectivity index (χ1) is 8.47. The maximum atomic E-state index is 13.6. The third-order valence-electron chi connectivity index (χ3n) is 2.30. The Morgan fingerprint density at radius 2 is 2.00 bits per heavy atom. The van der Waals surface area contributed by atoms with E-state index in [1.165, 1.54) is 4.80 Å². The van der Waals surface area contributed by atoms with E-state index in [-0.39, 0.29) is 16.7 Å². The van der Waals surface area contributed by atoms with Crippen molar-refractivity contribution in [2.24, 2.45) is 7.05 Å². The molecule has 0 saturated heterocycles. The molecular weight excluding hydrogens is 310 g/mol. The van der Waals surface area contributed by atoms with Crippen molar-refractivity contribution in [3.05, 3.63) is 39.6 Å². The first-order valence-electron chi connectivity index (χ1n) is 5.02. The molecule has 0 spiro atoms. The summed E-state index contributed by atoms with van der Waals surface area (Å²) in [5.41, 5.74) is -0.398. The third-order valence-corrected chi connectivity index (χ3v) is 2.76. The van der Waals surface area contributed by atoms with Crippen LogP contribution in [-0.4, -0.2) is 25.3 Å². The summed E-state index contributed by atoms with van der Waals surface area (Å²) in [7, 11) is 1.56. The highest BCUT2D eigenvalue weighted by Gasteiger charge is 2.21. The van der Waals surface area contributed by atoms with Crippen LogP contribution in [0.15, 0.2) is 16.6 Å². The van der Waals surface area contributed by atoms with Gasteiger partial charge in [0.2, 0.25) is 0 Å². The number of tetrazole rings is 1. The molecule has 2 aromatic rings. The molecule has 0 radical (unpaired) electrons. The molecule has 0 aliphatic rings. The molecule has 1 N–H and O–H groups in total. The number of rotatable bonds is 3. The number of benzene rings is 1. The van der Waals surface area contributed by atoms with E-state index in [0.29, 0.717) is 0 Å². The van der Waals surface area contributed by atoms with Crippen LogP contribution in [0.5, 0.6) is 0 Å². The van der Waals surface area contributed by atoms with Gasteiger partial charge in [-0.15, -0.1) is 10.2 Å². The van der Waals surface area contributed by atoms with Crippen LogP contribution in [0.4, 0.5) is 8.78 Å². The minimum absolute atomic E-state index is 0.108. The smallest absolute Gasteiger partial charge is 0.177 e. The van der Waals surface area contributed by atoms with E-state index >= 15 is 0 Å². The van der Waals surface area contributed by atoms with Gasteiger partial charge in [-0.1, -0.05) is 15.9 Å². The summed E-state index contributed by atoms with van der Waals surface area (Å²) in [6.45, 7) is 0. The zero-order chi connectivity index (χ0) is 13.3. The molecule has 0 aliphatic heterocycles. The van der Waals surface area contributed by atoms with E-state index < -0.39 is 23.3 Å². The van der Waals surface area contributed by atoms with Gasteiger partial charge in [0.15, 0.2) is 5.82 Å². The molecule has 1 unspecified atom stereocenters. The number of halogens is 3. The summed E-state index contributed by atoms with van der Waals surface area (Å²) >= 11 is 2.97. The highest BCUT2D eigenvalue weighted by molar-refractivity contribution is 9.10. The van der Waals surface area contributed by atoms with Gasteiger partial charge in [-0.25, -0.2) is 8.78 Å². The van der Waals surface area contributed by atoms with Gasteiger partial charge in [0, 0.05) is 10.9 Å². The Hall–Kier alpha value is -1.41. The maximum absolute atomic E-state index is 13.6. The van der Waals surface area contributed by atoms with Crippen molar-refractivity contribution in [3.8, 4) is 0 Å². The van der Waals surface area contributed by atoms with Crippen LogP contribution in [0, 0.1) is 11.6 Å². The Morgan fingerprint density at radius 1 is 1.39 bits per heavy atom.